The van der Waals surface area contributed by atoms with Gasteiger partial charge in [0, 0.05) is 25.1 Å². The molecule has 2 saturated heterocycles. The number of rotatable bonds is 1. The first kappa shape index (κ1) is 10.5. The molecule has 2 aliphatic heterocycles. The molecule has 0 radical (unpaired) electrons. The summed E-state index contributed by atoms with van der Waals surface area (Å²) >= 11 is 0. The van der Waals surface area contributed by atoms with Gasteiger partial charge < -0.3 is 9.64 Å². The fraction of sp³-hybridized carbons (Fsp3) is 0.583. The minimum Gasteiger partial charge on any atom is -0.381 e. The predicted octanol–water partition coefficient (Wildman–Crippen LogP) is 0.965. The highest BCUT2D eigenvalue weighted by Crippen LogP contribution is 2.39. The fourth-order valence-corrected chi connectivity index (χ4v) is 2.64. The second-order valence-electron chi connectivity index (χ2n) is 4.85. The smallest absolute Gasteiger partial charge is 0.158 e. The van der Waals surface area contributed by atoms with Crippen LogP contribution < -0.4 is 4.90 Å². The second-order valence-corrected chi connectivity index (χ2v) is 4.85. The van der Waals surface area contributed by atoms with Crippen LogP contribution in [0.15, 0.2) is 12.4 Å². The van der Waals surface area contributed by atoms with Crippen LogP contribution in [-0.2, 0) is 4.74 Å². The van der Waals surface area contributed by atoms with E-state index in [1.165, 1.54) is 6.20 Å². The Kier molecular flexibility index (Phi) is 2.45. The van der Waals surface area contributed by atoms with E-state index in [4.69, 9.17) is 10.00 Å². The molecule has 0 amide bonds. The van der Waals surface area contributed by atoms with Gasteiger partial charge in [0.05, 0.1) is 19.0 Å². The lowest BCUT2D eigenvalue weighted by Crippen LogP contribution is -2.27. The molecule has 5 heteroatoms. The summed E-state index contributed by atoms with van der Waals surface area (Å²) in [5.74, 6) is 0.868. The maximum absolute atomic E-state index is 8.68. The first-order chi connectivity index (χ1) is 8.31. The van der Waals surface area contributed by atoms with Gasteiger partial charge in [-0.2, -0.15) is 5.26 Å². The highest BCUT2D eigenvalue weighted by atomic mass is 16.5. The third kappa shape index (κ3) is 1.85. The van der Waals surface area contributed by atoms with Crippen molar-refractivity contribution in [2.24, 2.45) is 5.41 Å². The lowest BCUT2D eigenvalue weighted by molar-refractivity contribution is 0.160. The Bertz CT molecular complexity index is 445. The van der Waals surface area contributed by atoms with Crippen LogP contribution in [0.1, 0.15) is 18.5 Å². The molecule has 17 heavy (non-hydrogen) atoms. The Hall–Kier alpha value is -1.67. The minimum absolute atomic E-state index is 0.329. The van der Waals surface area contributed by atoms with Crippen molar-refractivity contribution in [2.45, 2.75) is 12.8 Å². The molecule has 1 atom stereocenters. The van der Waals surface area contributed by atoms with Gasteiger partial charge in [-0.1, -0.05) is 0 Å². The SMILES string of the molecule is N#Cc1cnc(N2CCC3(CCOC3)C2)cn1. The van der Waals surface area contributed by atoms with Gasteiger partial charge in [0.2, 0.25) is 0 Å². The van der Waals surface area contributed by atoms with Crippen molar-refractivity contribution < 1.29 is 4.74 Å². The predicted molar refractivity (Wildman–Crippen MR) is 61.4 cm³/mol. The van der Waals surface area contributed by atoms with Crippen molar-refractivity contribution in [3.05, 3.63) is 18.1 Å². The lowest BCUT2D eigenvalue weighted by Gasteiger charge is -2.22. The van der Waals surface area contributed by atoms with Gasteiger partial charge in [0.1, 0.15) is 11.9 Å². The van der Waals surface area contributed by atoms with E-state index in [-0.39, 0.29) is 0 Å². The quantitative estimate of drug-likeness (QED) is 0.719. The molecule has 0 aromatic carbocycles. The van der Waals surface area contributed by atoms with Crippen LogP contribution in [-0.4, -0.2) is 36.3 Å². The van der Waals surface area contributed by atoms with E-state index in [0.717, 1.165) is 45.0 Å². The summed E-state index contributed by atoms with van der Waals surface area (Å²) < 4.78 is 5.50. The zero-order chi connectivity index (χ0) is 11.7. The molecule has 5 nitrogen and oxygen atoms in total. The molecule has 0 N–H and O–H groups in total. The van der Waals surface area contributed by atoms with Crippen LogP contribution in [0.25, 0.3) is 0 Å². The zero-order valence-corrected chi connectivity index (χ0v) is 9.59. The number of hydrogen-bond acceptors (Lipinski definition) is 5. The summed E-state index contributed by atoms with van der Waals surface area (Å²) in [7, 11) is 0. The molecule has 88 valence electrons. The van der Waals surface area contributed by atoms with Crippen LogP contribution in [0.5, 0.6) is 0 Å². The van der Waals surface area contributed by atoms with Gasteiger partial charge in [-0.3, -0.25) is 0 Å². The van der Waals surface area contributed by atoms with Crippen LogP contribution in [0.2, 0.25) is 0 Å². The molecular weight excluding hydrogens is 216 g/mol. The zero-order valence-electron chi connectivity index (χ0n) is 9.59. The molecule has 1 spiro atoms. The van der Waals surface area contributed by atoms with Crippen LogP contribution in [0.4, 0.5) is 5.82 Å². The van der Waals surface area contributed by atoms with Gasteiger partial charge in [-0.15, -0.1) is 0 Å². The average Bonchev–Trinajstić information content (AvgIpc) is 3.01. The third-order valence-electron chi connectivity index (χ3n) is 3.70. The summed E-state index contributed by atoms with van der Waals surface area (Å²) in [4.78, 5) is 10.6. The topological polar surface area (TPSA) is 62.0 Å². The van der Waals surface area contributed by atoms with E-state index in [0.29, 0.717) is 11.1 Å². The minimum atomic E-state index is 0.329. The molecular formula is C12H14N4O. The number of ether oxygens (including phenoxy) is 1. The number of aromatic nitrogens is 2. The fourth-order valence-electron chi connectivity index (χ4n) is 2.64. The summed E-state index contributed by atoms with van der Waals surface area (Å²) in [5.41, 5.74) is 0.696. The molecule has 1 aromatic rings. The first-order valence-electron chi connectivity index (χ1n) is 5.86. The van der Waals surface area contributed by atoms with E-state index in [9.17, 15) is 0 Å². The van der Waals surface area contributed by atoms with Gasteiger partial charge in [-0.05, 0) is 12.8 Å². The molecule has 1 aromatic heterocycles. The number of hydrogen-bond donors (Lipinski definition) is 0. The van der Waals surface area contributed by atoms with E-state index in [1.54, 1.807) is 6.20 Å². The molecule has 3 heterocycles. The van der Waals surface area contributed by atoms with Crippen LogP contribution >= 0.6 is 0 Å². The molecule has 2 aliphatic rings. The van der Waals surface area contributed by atoms with Gasteiger partial charge in [0.25, 0.3) is 0 Å². The van der Waals surface area contributed by atoms with Crippen molar-refractivity contribution in [3.63, 3.8) is 0 Å². The second kappa shape index (κ2) is 3.97. The lowest BCUT2D eigenvalue weighted by atomic mass is 9.87. The third-order valence-corrected chi connectivity index (χ3v) is 3.70. The summed E-state index contributed by atoms with van der Waals surface area (Å²) in [5, 5.41) is 8.68. The van der Waals surface area contributed by atoms with Crippen molar-refractivity contribution in [1.29, 1.82) is 5.26 Å². The van der Waals surface area contributed by atoms with Crippen molar-refractivity contribution in [2.75, 3.05) is 31.2 Å². The Labute approximate surface area is 100 Å². The monoisotopic (exact) mass is 230 g/mol. The highest BCUT2D eigenvalue weighted by molar-refractivity contribution is 5.39. The molecule has 1 unspecified atom stereocenters. The van der Waals surface area contributed by atoms with E-state index in [1.807, 2.05) is 6.07 Å². The normalized spacial score (nSPS) is 27.6. The van der Waals surface area contributed by atoms with Crippen molar-refractivity contribution in [3.8, 4) is 6.07 Å². The van der Waals surface area contributed by atoms with Gasteiger partial charge >= 0.3 is 0 Å². The number of anilines is 1. The Morgan fingerprint density at radius 1 is 1.35 bits per heavy atom. The van der Waals surface area contributed by atoms with Crippen LogP contribution in [0, 0.1) is 16.7 Å². The summed E-state index contributed by atoms with van der Waals surface area (Å²) in [6.45, 7) is 3.75. The standard InChI is InChI=1S/C12H14N4O/c13-5-10-6-15-11(7-14-10)16-3-1-12(8-16)2-4-17-9-12/h6-7H,1-4,8-9H2. The number of nitriles is 1. The summed E-state index contributed by atoms with van der Waals surface area (Å²) in [6, 6.07) is 1.98. The average molecular weight is 230 g/mol. The van der Waals surface area contributed by atoms with E-state index in [2.05, 4.69) is 14.9 Å². The van der Waals surface area contributed by atoms with Crippen molar-refractivity contribution >= 4 is 5.82 Å². The van der Waals surface area contributed by atoms with Crippen molar-refractivity contribution in [1.82, 2.24) is 9.97 Å². The van der Waals surface area contributed by atoms with Gasteiger partial charge in [-0.25, -0.2) is 9.97 Å². The molecule has 3 rings (SSSR count). The van der Waals surface area contributed by atoms with E-state index >= 15 is 0 Å². The Balaban J connectivity index is 1.75. The van der Waals surface area contributed by atoms with E-state index < -0.39 is 0 Å². The Morgan fingerprint density at radius 3 is 2.94 bits per heavy atom. The molecule has 0 saturated carbocycles. The highest BCUT2D eigenvalue weighted by Gasteiger charge is 2.41. The molecule has 0 aliphatic carbocycles. The maximum atomic E-state index is 8.68. The maximum Gasteiger partial charge on any atom is 0.158 e. The summed E-state index contributed by atoms with van der Waals surface area (Å²) in [6.07, 6.45) is 5.53. The first-order valence-corrected chi connectivity index (χ1v) is 5.86. The molecule has 0 bridgehead atoms. The Morgan fingerprint density at radius 2 is 2.29 bits per heavy atom. The number of nitrogens with zero attached hydrogens (tertiary/aromatic N) is 4. The largest absolute Gasteiger partial charge is 0.381 e. The van der Waals surface area contributed by atoms with Crippen LogP contribution in [0.3, 0.4) is 0 Å². The molecule has 2 fully saturated rings. The van der Waals surface area contributed by atoms with Gasteiger partial charge in [0.15, 0.2) is 5.69 Å².